The van der Waals surface area contributed by atoms with Gasteiger partial charge in [-0.1, -0.05) is 30.3 Å². The molecule has 2 fully saturated rings. The summed E-state index contributed by atoms with van der Waals surface area (Å²) in [5, 5.41) is 8.31. The Kier molecular flexibility index (Phi) is 3.80. The Bertz CT molecular complexity index is 428. The minimum Gasteiger partial charge on any atom is -0.379 e. The topological polar surface area (TPSA) is 39.6 Å². The average molecular weight is 259 g/mol. The maximum atomic E-state index is 8.31. The SMILES string of the molecule is N=C(c1ccccc1)N1CCC(N2CCOCC2)C1. The third-order valence-electron chi connectivity index (χ3n) is 4.09. The molecule has 0 spiro atoms. The summed E-state index contributed by atoms with van der Waals surface area (Å²) in [6, 6.07) is 10.6. The van der Waals surface area contributed by atoms with Crippen molar-refractivity contribution >= 4 is 5.84 Å². The number of morpholine rings is 1. The average Bonchev–Trinajstić information content (AvgIpc) is 2.98. The van der Waals surface area contributed by atoms with Crippen molar-refractivity contribution in [3.05, 3.63) is 35.9 Å². The Morgan fingerprint density at radius 3 is 2.58 bits per heavy atom. The van der Waals surface area contributed by atoms with E-state index in [4.69, 9.17) is 10.1 Å². The highest BCUT2D eigenvalue weighted by molar-refractivity contribution is 5.96. The monoisotopic (exact) mass is 259 g/mol. The summed E-state index contributed by atoms with van der Waals surface area (Å²) in [4.78, 5) is 4.72. The summed E-state index contributed by atoms with van der Waals surface area (Å²) in [6.07, 6.45) is 1.16. The number of benzene rings is 1. The second-order valence-electron chi connectivity index (χ2n) is 5.25. The molecular formula is C15H21N3O. The first kappa shape index (κ1) is 12.6. The second kappa shape index (κ2) is 5.72. The third kappa shape index (κ3) is 2.80. The first-order valence-electron chi connectivity index (χ1n) is 7.05. The quantitative estimate of drug-likeness (QED) is 0.645. The highest BCUT2D eigenvalue weighted by atomic mass is 16.5. The smallest absolute Gasteiger partial charge is 0.128 e. The van der Waals surface area contributed by atoms with Crippen LogP contribution in [0.25, 0.3) is 0 Å². The molecular weight excluding hydrogens is 238 g/mol. The predicted octanol–water partition coefficient (Wildman–Crippen LogP) is 1.42. The van der Waals surface area contributed by atoms with Gasteiger partial charge in [-0.15, -0.1) is 0 Å². The number of amidine groups is 1. The van der Waals surface area contributed by atoms with E-state index in [1.165, 1.54) is 0 Å². The molecule has 4 nitrogen and oxygen atoms in total. The van der Waals surface area contributed by atoms with Crippen LogP contribution in [-0.2, 0) is 4.74 Å². The fraction of sp³-hybridized carbons (Fsp3) is 0.533. The number of hydrogen-bond acceptors (Lipinski definition) is 3. The molecule has 1 aromatic rings. The Hall–Kier alpha value is -1.39. The first-order chi connectivity index (χ1) is 9.34. The van der Waals surface area contributed by atoms with E-state index in [-0.39, 0.29) is 0 Å². The molecule has 0 radical (unpaired) electrons. The normalized spacial score (nSPS) is 24.6. The summed E-state index contributed by atoms with van der Waals surface area (Å²) in [5.41, 5.74) is 1.02. The molecule has 1 aromatic carbocycles. The van der Waals surface area contributed by atoms with Gasteiger partial charge in [0.05, 0.1) is 13.2 Å². The zero-order valence-corrected chi connectivity index (χ0v) is 11.2. The summed E-state index contributed by atoms with van der Waals surface area (Å²) < 4.78 is 5.41. The molecule has 2 aliphatic heterocycles. The molecule has 1 atom stereocenters. The van der Waals surface area contributed by atoms with Gasteiger partial charge in [-0.3, -0.25) is 10.3 Å². The molecule has 0 aliphatic carbocycles. The van der Waals surface area contributed by atoms with Gasteiger partial charge in [0.2, 0.25) is 0 Å². The lowest BCUT2D eigenvalue weighted by molar-refractivity contribution is 0.0195. The van der Waals surface area contributed by atoms with Gasteiger partial charge >= 0.3 is 0 Å². The fourth-order valence-electron chi connectivity index (χ4n) is 2.96. The summed E-state index contributed by atoms with van der Waals surface area (Å²) in [5.74, 6) is 0.663. The van der Waals surface area contributed by atoms with E-state index in [1.807, 2.05) is 30.3 Å². The molecule has 1 unspecified atom stereocenters. The van der Waals surface area contributed by atoms with Gasteiger partial charge in [-0.2, -0.15) is 0 Å². The Morgan fingerprint density at radius 1 is 1.11 bits per heavy atom. The van der Waals surface area contributed by atoms with Crippen molar-refractivity contribution < 1.29 is 4.74 Å². The highest BCUT2D eigenvalue weighted by Gasteiger charge is 2.30. The third-order valence-corrected chi connectivity index (χ3v) is 4.09. The Balaban J connectivity index is 1.61. The highest BCUT2D eigenvalue weighted by Crippen LogP contribution is 2.19. The van der Waals surface area contributed by atoms with E-state index in [0.717, 1.165) is 51.4 Å². The van der Waals surface area contributed by atoms with E-state index in [9.17, 15) is 0 Å². The lowest BCUT2D eigenvalue weighted by Crippen LogP contribution is -2.45. The number of nitrogens with one attached hydrogen (secondary N) is 1. The fourth-order valence-corrected chi connectivity index (χ4v) is 2.96. The standard InChI is InChI=1S/C15H21N3O/c16-15(13-4-2-1-3-5-13)18-7-6-14(12-18)17-8-10-19-11-9-17/h1-5,14,16H,6-12H2. The molecule has 4 heteroatoms. The summed E-state index contributed by atoms with van der Waals surface area (Å²) in [7, 11) is 0. The molecule has 102 valence electrons. The van der Waals surface area contributed by atoms with Crippen molar-refractivity contribution in [1.82, 2.24) is 9.80 Å². The maximum absolute atomic E-state index is 8.31. The molecule has 2 aliphatic rings. The maximum Gasteiger partial charge on any atom is 0.128 e. The summed E-state index contributed by atoms with van der Waals surface area (Å²) in [6.45, 7) is 5.76. The van der Waals surface area contributed by atoms with E-state index in [0.29, 0.717) is 11.9 Å². The predicted molar refractivity (Wildman–Crippen MR) is 75.6 cm³/mol. The van der Waals surface area contributed by atoms with Crippen LogP contribution in [0.2, 0.25) is 0 Å². The second-order valence-corrected chi connectivity index (χ2v) is 5.25. The lowest BCUT2D eigenvalue weighted by atomic mass is 10.2. The van der Waals surface area contributed by atoms with Crippen LogP contribution in [0.15, 0.2) is 30.3 Å². The van der Waals surface area contributed by atoms with Crippen molar-refractivity contribution in [3.8, 4) is 0 Å². The summed E-state index contributed by atoms with van der Waals surface area (Å²) >= 11 is 0. The molecule has 0 saturated carbocycles. The van der Waals surface area contributed by atoms with Crippen LogP contribution in [0.5, 0.6) is 0 Å². The van der Waals surface area contributed by atoms with E-state index in [2.05, 4.69) is 9.80 Å². The molecule has 1 N–H and O–H groups in total. The zero-order valence-electron chi connectivity index (χ0n) is 11.2. The van der Waals surface area contributed by atoms with Crippen LogP contribution in [0, 0.1) is 5.41 Å². The Labute approximate surface area is 114 Å². The van der Waals surface area contributed by atoms with Crippen LogP contribution in [0.3, 0.4) is 0 Å². The molecule has 0 bridgehead atoms. The van der Waals surface area contributed by atoms with Crippen LogP contribution < -0.4 is 0 Å². The first-order valence-corrected chi connectivity index (χ1v) is 7.05. The van der Waals surface area contributed by atoms with Gasteiger partial charge < -0.3 is 9.64 Å². The number of ether oxygens (including phenoxy) is 1. The largest absolute Gasteiger partial charge is 0.379 e. The molecule has 2 saturated heterocycles. The minimum absolute atomic E-state index is 0.591. The number of rotatable bonds is 2. The lowest BCUT2D eigenvalue weighted by Gasteiger charge is -2.32. The van der Waals surface area contributed by atoms with Crippen LogP contribution >= 0.6 is 0 Å². The van der Waals surface area contributed by atoms with Gasteiger partial charge in [0.25, 0.3) is 0 Å². The zero-order chi connectivity index (χ0) is 13.1. The van der Waals surface area contributed by atoms with Crippen molar-refractivity contribution in [2.24, 2.45) is 0 Å². The van der Waals surface area contributed by atoms with Gasteiger partial charge in [-0.05, 0) is 6.42 Å². The van der Waals surface area contributed by atoms with Gasteiger partial charge in [-0.25, -0.2) is 0 Å². The van der Waals surface area contributed by atoms with Gasteiger partial charge in [0.15, 0.2) is 0 Å². The minimum atomic E-state index is 0.591. The van der Waals surface area contributed by atoms with Crippen molar-refractivity contribution in [3.63, 3.8) is 0 Å². The molecule has 0 aromatic heterocycles. The Morgan fingerprint density at radius 2 is 1.84 bits per heavy atom. The number of nitrogens with zero attached hydrogens (tertiary/aromatic N) is 2. The van der Waals surface area contributed by atoms with Gasteiger partial charge in [0, 0.05) is 37.8 Å². The van der Waals surface area contributed by atoms with Crippen molar-refractivity contribution in [1.29, 1.82) is 5.41 Å². The number of hydrogen-bond donors (Lipinski definition) is 1. The van der Waals surface area contributed by atoms with E-state index >= 15 is 0 Å². The molecule has 2 heterocycles. The van der Waals surface area contributed by atoms with Crippen LogP contribution in [0.1, 0.15) is 12.0 Å². The molecule has 0 amide bonds. The van der Waals surface area contributed by atoms with Crippen LogP contribution in [0.4, 0.5) is 0 Å². The van der Waals surface area contributed by atoms with Crippen molar-refractivity contribution in [2.75, 3.05) is 39.4 Å². The number of likely N-dealkylation sites (tertiary alicyclic amines) is 1. The van der Waals surface area contributed by atoms with Crippen molar-refractivity contribution in [2.45, 2.75) is 12.5 Å². The van der Waals surface area contributed by atoms with E-state index < -0.39 is 0 Å². The van der Waals surface area contributed by atoms with Crippen LogP contribution in [-0.4, -0.2) is 61.1 Å². The molecule has 3 rings (SSSR count). The van der Waals surface area contributed by atoms with Gasteiger partial charge in [0.1, 0.15) is 5.84 Å². The van der Waals surface area contributed by atoms with E-state index in [1.54, 1.807) is 0 Å². The molecule has 19 heavy (non-hydrogen) atoms.